The van der Waals surface area contributed by atoms with Gasteiger partial charge in [-0.05, 0) is 33.3 Å². The molecule has 0 aliphatic carbocycles. The predicted molar refractivity (Wildman–Crippen MR) is 67.2 cm³/mol. The molecule has 0 aliphatic heterocycles. The molecule has 1 aromatic rings. The summed E-state index contributed by atoms with van der Waals surface area (Å²) in [7, 11) is 0. The Labute approximate surface area is 101 Å². The minimum Gasteiger partial charge on any atom is -0.390 e. The summed E-state index contributed by atoms with van der Waals surface area (Å²) in [6.45, 7) is 5.62. The van der Waals surface area contributed by atoms with E-state index in [2.05, 4.69) is 5.32 Å². The van der Waals surface area contributed by atoms with Crippen LogP contribution in [0, 0.1) is 17.0 Å². The van der Waals surface area contributed by atoms with Gasteiger partial charge < -0.3 is 10.4 Å². The summed E-state index contributed by atoms with van der Waals surface area (Å²) in [5.41, 5.74) is 0.455. The molecule has 5 nitrogen and oxygen atoms in total. The van der Waals surface area contributed by atoms with E-state index < -0.39 is 5.60 Å². The van der Waals surface area contributed by atoms with E-state index in [4.69, 9.17) is 0 Å². The molecule has 17 heavy (non-hydrogen) atoms. The molecule has 0 unspecified atom stereocenters. The van der Waals surface area contributed by atoms with E-state index >= 15 is 0 Å². The van der Waals surface area contributed by atoms with Gasteiger partial charge in [-0.3, -0.25) is 10.1 Å². The smallest absolute Gasteiger partial charge is 0.295 e. The maximum Gasteiger partial charge on any atom is 0.295 e. The number of hydrogen-bond acceptors (Lipinski definition) is 4. The summed E-state index contributed by atoms with van der Waals surface area (Å²) in [6, 6.07) is 5.16. The molecule has 0 bridgehead atoms. The molecule has 5 heteroatoms. The lowest BCUT2D eigenvalue weighted by atomic mass is 10.1. The zero-order valence-corrected chi connectivity index (χ0v) is 10.4. The van der Waals surface area contributed by atoms with Crippen LogP contribution in [0.15, 0.2) is 18.2 Å². The molecule has 0 atom stereocenters. The lowest BCUT2D eigenvalue weighted by Crippen LogP contribution is -2.22. The van der Waals surface area contributed by atoms with Crippen LogP contribution in [-0.2, 0) is 0 Å². The van der Waals surface area contributed by atoms with Crippen LogP contribution in [0.1, 0.15) is 25.8 Å². The Morgan fingerprint density at radius 1 is 1.47 bits per heavy atom. The highest BCUT2D eigenvalue weighted by atomic mass is 16.6. The summed E-state index contributed by atoms with van der Waals surface area (Å²) < 4.78 is 0. The Morgan fingerprint density at radius 3 is 2.65 bits per heavy atom. The summed E-state index contributed by atoms with van der Waals surface area (Å²) in [4.78, 5) is 10.5. The number of aliphatic hydroxyl groups is 1. The predicted octanol–water partition coefficient (Wildman–Crippen LogP) is 2.48. The van der Waals surface area contributed by atoms with Crippen molar-refractivity contribution in [3.8, 4) is 0 Å². The molecule has 0 heterocycles. The summed E-state index contributed by atoms with van der Waals surface area (Å²) in [6.07, 6.45) is 0.526. The molecule has 1 aromatic carbocycles. The SMILES string of the molecule is Cc1cccc(NCCC(C)(C)O)c1[N+](=O)[O-]. The van der Waals surface area contributed by atoms with Gasteiger partial charge in [-0.15, -0.1) is 0 Å². The van der Waals surface area contributed by atoms with Gasteiger partial charge in [0.05, 0.1) is 10.5 Å². The minimum absolute atomic E-state index is 0.100. The van der Waals surface area contributed by atoms with Crippen LogP contribution in [0.5, 0.6) is 0 Å². The van der Waals surface area contributed by atoms with E-state index in [1.54, 1.807) is 39.0 Å². The largest absolute Gasteiger partial charge is 0.390 e. The summed E-state index contributed by atoms with van der Waals surface area (Å²) in [5.74, 6) is 0. The van der Waals surface area contributed by atoms with Crippen LogP contribution >= 0.6 is 0 Å². The van der Waals surface area contributed by atoms with Gasteiger partial charge in [0.2, 0.25) is 0 Å². The zero-order chi connectivity index (χ0) is 13.1. The molecule has 0 saturated carbocycles. The average Bonchev–Trinajstić information content (AvgIpc) is 2.14. The van der Waals surface area contributed by atoms with Crippen molar-refractivity contribution in [2.75, 3.05) is 11.9 Å². The van der Waals surface area contributed by atoms with Crippen LogP contribution in [0.25, 0.3) is 0 Å². The van der Waals surface area contributed by atoms with Gasteiger partial charge in [0.15, 0.2) is 0 Å². The standard InChI is InChI=1S/C12H18N2O3/c1-9-5-4-6-10(11(9)14(16)17)13-8-7-12(2,3)15/h4-6,13,15H,7-8H2,1-3H3. The number of nitrogens with one attached hydrogen (secondary N) is 1. The second-order valence-corrected chi connectivity index (χ2v) is 4.72. The number of para-hydroxylation sites is 1. The number of rotatable bonds is 5. The van der Waals surface area contributed by atoms with E-state index in [1.165, 1.54) is 0 Å². The van der Waals surface area contributed by atoms with Crippen LogP contribution in [0.3, 0.4) is 0 Å². The number of nitrogens with zero attached hydrogens (tertiary/aromatic N) is 1. The maximum atomic E-state index is 10.9. The van der Waals surface area contributed by atoms with Crippen LogP contribution in [0.4, 0.5) is 11.4 Å². The monoisotopic (exact) mass is 238 g/mol. The third kappa shape index (κ3) is 4.03. The molecule has 0 aromatic heterocycles. The highest BCUT2D eigenvalue weighted by Gasteiger charge is 2.17. The molecule has 0 aliphatic rings. The van der Waals surface area contributed by atoms with Crippen molar-refractivity contribution in [3.05, 3.63) is 33.9 Å². The summed E-state index contributed by atoms with van der Waals surface area (Å²) >= 11 is 0. The number of nitro benzene ring substituents is 1. The Morgan fingerprint density at radius 2 is 2.12 bits per heavy atom. The highest BCUT2D eigenvalue weighted by Crippen LogP contribution is 2.27. The first kappa shape index (κ1) is 13.4. The molecule has 0 saturated heterocycles. The van der Waals surface area contributed by atoms with Crippen molar-refractivity contribution in [2.45, 2.75) is 32.8 Å². The van der Waals surface area contributed by atoms with Gasteiger partial charge in [-0.2, -0.15) is 0 Å². The van der Waals surface area contributed by atoms with Crippen LogP contribution in [-0.4, -0.2) is 22.2 Å². The van der Waals surface area contributed by atoms with E-state index in [0.29, 0.717) is 24.2 Å². The third-order valence-corrected chi connectivity index (χ3v) is 2.47. The molecule has 0 spiro atoms. The van der Waals surface area contributed by atoms with E-state index in [9.17, 15) is 15.2 Å². The lowest BCUT2D eigenvalue weighted by molar-refractivity contribution is -0.384. The van der Waals surface area contributed by atoms with Crippen molar-refractivity contribution in [3.63, 3.8) is 0 Å². The molecule has 0 fully saturated rings. The molecule has 0 radical (unpaired) electrons. The molecule has 94 valence electrons. The van der Waals surface area contributed by atoms with Crippen LogP contribution in [0.2, 0.25) is 0 Å². The molecular formula is C12H18N2O3. The Bertz CT molecular complexity index is 411. The fourth-order valence-corrected chi connectivity index (χ4v) is 1.55. The van der Waals surface area contributed by atoms with Gasteiger partial charge >= 0.3 is 0 Å². The van der Waals surface area contributed by atoms with Gasteiger partial charge in [0.25, 0.3) is 5.69 Å². The first-order valence-electron chi connectivity index (χ1n) is 5.51. The maximum absolute atomic E-state index is 10.9. The lowest BCUT2D eigenvalue weighted by Gasteiger charge is -2.17. The van der Waals surface area contributed by atoms with Gasteiger partial charge in [-0.1, -0.05) is 12.1 Å². The Hall–Kier alpha value is -1.62. The topological polar surface area (TPSA) is 75.4 Å². The normalized spacial score (nSPS) is 11.3. The number of benzene rings is 1. The van der Waals surface area contributed by atoms with Crippen molar-refractivity contribution < 1.29 is 10.0 Å². The third-order valence-electron chi connectivity index (χ3n) is 2.47. The molecule has 0 amide bonds. The van der Waals surface area contributed by atoms with E-state index in [0.717, 1.165) is 0 Å². The quantitative estimate of drug-likeness (QED) is 0.610. The fraction of sp³-hybridized carbons (Fsp3) is 0.500. The Balaban J connectivity index is 2.78. The number of nitro groups is 1. The van der Waals surface area contributed by atoms with E-state index in [1.807, 2.05) is 0 Å². The minimum atomic E-state index is -0.772. The molecule has 1 rings (SSSR count). The van der Waals surface area contributed by atoms with Gasteiger partial charge in [0.1, 0.15) is 5.69 Å². The second kappa shape index (κ2) is 5.14. The number of aryl methyl sites for hydroxylation is 1. The average molecular weight is 238 g/mol. The zero-order valence-electron chi connectivity index (χ0n) is 10.4. The van der Waals surface area contributed by atoms with Crippen molar-refractivity contribution >= 4 is 11.4 Å². The van der Waals surface area contributed by atoms with Gasteiger partial charge in [-0.25, -0.2) is 0 Å². The molecule has 2 N–H and O–H groups in total. The first-order chi connectivity index (χ1) is 7.81. The van der Waals surface area contributed by atoms with Crippen LogP contribution < -0.4 is 5.32 Å². The fourth-order valence-electron chi connectivity index (χ4n) is 1.55. The first-order valence-corrected chi connectivity index (χ1v) is 5.51. The Kier molecular flexibility index (Phi) is 4.07. The van der Waals surface area contributed by atoms with Gasteiger partial charge in [0, 0.05) is 12.1 Å². The summed E-state index contributed by atoms with van der Waals surface area (Å²) in [5, 5.41) is 23.5. The van der Waals surface area contributed by atoms with Crippen molar-refractivity contribution in [1.82, 2.24) is 0 Å². The highest BCUT2D eigenvalue weighted by molar-refractivity contribution is 5.64. The number of hydrogen-bond donors (Lipinski definition) is 2. The number of anilines is 1. The van der Waals surface area contributed by atoms with Crippen molar-refractivity contribution in [2.24, 2.45) is 0 Å². The van der Waals surface area contributed by atoms with E-state index in [-0.39, 0.29) is 10.6 Å². The second-order valence-electron chi connectivity index (χ2n) is 4.72. The van der Waals surface area contributed by atoms with Crippen molar-refractivity contribution in [1.29, 1.82) is 0 Å². The molecular weight excluding hydrogens is 220 g/mol.